The number of hydrogen-bond acceptors (Lipinski definition) is 7. The Bertz CT molecular complexity index is 862. The molecule has 5 rings (SSSR count). The molecule has 31 heavy (non-hydrogen) atoms. The SMILES string of the molecule is CN1CCC23CCCCC2C1Cc1ccc(O[C@@H]2O[C@H](C(=O)O)[C@@H](O)[C@H](O)[C@H]2O)cc13. The van der Waals surface area contributed by atoms with Gasteiger partial charge in [0.25, 0.3) is 0 Å². The van der Waals surface area contributed by atoms with E-state index < -0.39 is 36.7 Å². The number of piperidine rings is 1. The zero-order chi connectivity index (χ0) is 21.9. The van der Waals surface area contributed by atoms with E-state index in [9.17, 15) is 25.2 Å². The van der Waals surface area contributed by atoms with Crippen LogP contribution in [0.1, 0.15) is 43.2 Å². The van der Waals surface area contributed by atoms with Gasteiger partial charge in [-0.3, -0.25) is 0 Å². The van der Waals surface area contributed by atoms with E-state index in [0.717, 1.165) is 25.8 Å². The number of aliphatic hydroxyl groups excluding tert-OH is 3. The lowest BCUT2D eigenvalue weighted by molar-refractivity contribution is -0.271. The van der Waals surface area contributed by atoms with Crippen molar-refractivity contribution in [3.05, 3.63) is 29.3 Å². The molecule has 0 spiro atoms. The van der Waals surface area contributed by atoms with Crippen LogP contribution in [0, 0.1) is 5.92 Å². The lowest BCUT2D eigenvalue weighted by Crippen LogP contribution is -2.61. The number of carbonyl (C=O) groups is 1. The van der Waals surface area contributed by atoms with Crippen molar-refractivity contribution in [3.63, 3.8) is 0 Å². The highest BCUT2D eigenvalue weighted by Crippen LogP contribution is 2.56. The third kappa shape index (κ3) is 3.27. The summed E-state index contributed by atoms with van der Waals surface area (Å²) in [7, 11) is 2.23. The number of aliphatic hydroxyl groups is 3. The largest absolute Gasteiger partial charge is 0.479 e. The summed E-state index contributed by atoms with van der Waals surface area (Å²) in [6.07, 6.45) is -1.03. The van der Waals surface area contributed by atoms with Crippen LogP contribution in [0.3, 0.4) is 0 Å². The zero-order valence-electron chi connectivity index (χ0n) is 17.7. The first-order chi connectivity index (χ1) is 14.8. The van der Waals surface area contributed by atoms with Crippen molar-refractivity contribution in [3.8, 4) is 5.75 Å². The summed E-state index contributed by atoms with van der Waals surface area (Å²) < 4.78 is 11.2. The van der Waals surface area contributed by atoms with Crippen LogP contribution in [-0.4, -0.2) is 81.6 Å². The average molecular weight is 434 g/mol. The lowest BCUT2D eigenvalue weighted by atomic mass is 9.52. The highest BCUT2D eigenvalue weighted by atomic mass is 16.7. The molecule has 2 aliphatic heterocycles. The molecular weight excluding hydrogens is 402 g/mol. The van der Waals surface area contributed by atoms with Crippen LogP contribution in [0.15, 0.2) is 18.2 Å². The van der Waals surface area contributed by atoms with Crippen LogP contribution >= 0.6 is 0 Å². The number of aliphatic carboxylic acids is 1. The van der Waals surface area contributed by atoms with Gasteiger partial charge in [0, 0.05) is 11.5 Å². The third-order valence-corrected chi connectivity index (χ3v) is 8.15. The second kappa shape index (κ2) is 7.71. The number of hydrogen-bond donors (Lipinski definition) is 4. The minimum atomic E-state index is -1.73. The van der Waals surface area contributed by atoms with Gasteiger partial charge in [-0.05, 0) is 68.5 Å². The molecule has 0 aromatic heterocycles. The summed E-state index contributed by atoms with van der Waals surface area (Å²) in [5.41, 5.74) is 2.76. The smallest absolute Gasteiger partial charge is 0.335 e. The van der Waals surface area contributed by atoms with Crippen LogP contribution in [0.5, 0.6) is 5.75 Å². The van der Waals surface area contributed by atoms with E-state index >= 15 is 0 Å². The molecule has 1 aromatic rings. The number of likely N-dealkylation sites (tertiary alicyclic amines) is 1. The molecule has 2 aliphatic carbocycles. The number of nitrogens with zero attached hydrogens (tertiary/aromatic N) is 1. The highest BCUT2D eigenvalue weighted by molar-refractivity contribution is 5.73. The fourth-order valence-corrected chi connectivity index (χ4v) is 6.53. The topological polar surface area (TPSA) is 120 Å². The maximum atomic E-state index is 11.4. The van der Waals surface area contributed by atoms with Crippen molar-refractivity contribution >= 4 is 5.97 Å². The molecule has 0 radical (unpaired) electrons. The molecule has 2 bridgehead atoms. The molecule has 8 heteroatoms. The summed E-state index contributed by atoms with van der Waals surface area (Å²) in [5, 5.41) is 39.5. The molecule has 8 nitrogen and oxygen atoms in total. The molecule has 0 amide bonds. The summed E-state index contributed by atoms with van der Waals surface area (Å²) in [6, 6.07) is 6.47. The van der Waals surface area contributed by atoms with Crippen molar-refractivity contribution in [2.24, 2.45) is 5.92 Å². The Morgan fingerprint density at radius 3 is 2.74 bits per heavy atom. The Morgan fingerprint density at radius 1 is 1.16 bits per heavy atom. The number of rotatable bonds is 3. The van der Waals surface area contributed by atoms with Gasteiger partial charge >= 0.3 is 5.97 Å². The molecule has 2 heterocycles. The van der Waals surface area contributed by atoms with Crippen molar-refractivity contribution in [1.82, 2.24) is 4.90 Å². The van der Waals surface area contributed by atoms with Crippen molar-refractivity contribution in [2.45, 2.75) is 80.7 Å². The minimum Gasteiger partial charge on any atom is -0.479 e. The van der Waals surface area contributed by atoms with E-state index in [1.807, 2.05) is 12.1 Å². The van der Waals surface area contributed by atoms with Crippen molar-refractivity contribution < 1.29 is 34.7 Å². The van der Waals surface area contributed by atoms with E-state index in [0.29, 0.717) is 17.7 Å². The molecule has 2 saturated heterocycles. The predicted octanol–water partition coefficient (Wildman–Crippen LogP) is 0.646. The van der Waals surface area contributed by atoms with E-state index in [-0.39, 0.29) is 5.41 Å². The number of benzene rings is 1. The normalized spacial score (nSPS) is 42.4. The molecule has 1 saturated carbocycles. The van der Waals surface area contributed by atoms with Crippen LogP contribution in [0.2, 0.25) is 0 Å². The van der Waals surface area contributed by atoms with Crippen LogP contribution in [0.4, 0.5) is 0 Å². The predicted molar refractivity (Wildman–Crippen MR) is 110 cm³/mol. The van der Waals surface area contributed by atoms with Gasteiger partial charge < -0.3 is 34.8 Å². The van der Waals surface area contributed by atoms with Gasteiger partial charge in [-0.15, -0.1) is 0 Å². The summed E-state index contributed by atoms with van der Waals surface area (Å²) in [5.74, 6) is -0.321. The van der Waals surface area contributed by atoms with Gasteiger partial charge in [0.1, 0.15) is 24.1 Å². The number of carboxylic acids is 1. The first kappa shape index (κ1) is 21.2. The molecule has 3 fully saturated rings. The van der Waals surface area contributed by atoms with Crippen molar-refractivity contribution in [1.29, 1.82) is 0 Å². The van der Waals surface area contributed by atoms with E-state index in [4.69, 9.17) is 9.47 Å². The van der Waals surface area contributed by atoms with Crippen molar-refractivity contribution in [2.75, 3.05) is 13.6 Å². The molecule has 1 aromatic carbocycles. The summed E-state index contributed by atoms with van der Waals surface area (Å²) in [4.78, 5) is 13.9. The number of fused-ring (bicyclic) bond motifs is 1. The first-order valence-corrected chi connectivity index (χ1v) is 11.2. The third-order valence-electron chi connectivity index (χ3n) is 8.15. The number of ether oxygens (including phenoxy) is 2. The Kier molecular flexibility index (Phi) is 5.26. The van der Waals surface area contributed by atoms with Gasteiger partial charge in [-0.1, -0.05) is 18.9 Å². The Morgan fingerprint density at radius 2 is 1.97 bits per heavy atom. The van der Waals surface area contributed by atoms with E-state index in [2.05, 4.69) is 18.0 Å². The second-order valence-corrected chi connectivity index (χ2v) is 9.68. The van der Waals surface area contributed by atoms with Gasteiger partial charge in [0.15, 0.2) is 6.10 Å². The summed E-state index contributed by atoms with van der Waals surface area (Å²) in [6.45, 7) is 1.07. The Labute approximate surface area is 181 Å². The maximum absolute atomic E-state index is 11.4. The van der Waals surface area contributed by atoms with Crippen LogP contribution < -0.4 is 4.74 Å². The summed E-state index contributed by atoms with van der Waals surface area (Å²) >= 11 is 0. The van der Waals surface area contributed by atoms with Crippen LogP contribution in [-0.2, 0) is 21.4 Å². The number of likely N-dealkylation sites (N-methyl/N-ethyl adjacent to an activating group) is 1. The highest BCUT2D eigenvalue weighted by Gasteiger charge is 2.53. The Hall–Kier alpha value is -1.71. The standard InChI is InChI=1S/C23H31NO7/c1-24-9-8-23-7-3-2-4-14(23)16(24)10-12-5-6-13(11-15(12)23)30-22-19(27)17(25)18(26)20(31-22)21(28)29/h5-6,11,14,16-20,22,25-27H,2-4,7-10H2,1H3,(H,28,29)/t14?,16?,17-,18-,19+,20-,22+,23?/m0/s1. The van der Waals surface area contributed by atoms with E-state index in [1.165, 1.54) is 30.4 Å². The fraction of sp³-hybridized carbons (Fsp3) is 0.696. The Balaban J connectivity index is 1.45. The lowest BCUT2D eigenvalue weighted by Gasteiger charge is -2.58. The van der Waals surface area contributed by atoms with Gasteiger partial charge in [-0.25, -0.2) is 4.79 Å². The average Bonchev–Trinajstić information content (AvgIpc) is 2.76. The van der Waals surface area contributed by atoms with Gasteiger partial charge in [0.05, 0.1) is 0 Å². The molecule has 4 N–H and O–H groups in total. The second-order valence-electron chi connectivity index (χ2n) is 9.68. The first-order valence-electron chi connectivity index (χ1n) is 11.2. The molecule has 4 aliphatic rings. The van der Waals surface area contributed by atoms with E-state index in [1.54, 1.807) is 0 Å². The molecule has 170 valence electrons. The van der Waals surface area contributed by atoms with Gasteiger partial charge in [-0.2, -0.15) is 0 Å². The quantitative estimate of drug-likeness (QED) is 0.549. The molecule has 8 atom stereocenters. The van der Waals surface area contributed by atoms with Gasteiger partial charge in [0.2, 0.25) is 6.29 Å². The fourth-order valence-electron chi connectivity index (χ4n) is 6.53. The minimum absolute atomic E-state index is 0.133. The zero-order valence-corrected chi connectivity index (χ0v) is 17.7. The van der Waals surface area contributed by atoms with Crippen LogP contribution in [0.25, 0.3) is 0 Å². The monoisotopic (exact) mass is 433 g/mol. The molecular formula is C23H31NO7. The molecule has 3 unspecified atom stereocenters. The number of carboxylic acid groups (broad SMARTS) is 1. The maximum Gasteiger partial charge on any atom is 0.335 e.